The van der Waals surface area contributed by atoms with Crippen LogP contribution in [0.2, 0.25) is 5.02 Å². The minimum absolute atomic E-state index is 0.0989. The Balaban J connectivity index is 2.70. The number of hydrogen-bond donors (Lipinski definition) is 3. The van der Waals surface area contributed by atoms with Crippen LogP contribution in [0, 0.1) is 0 Å². The molecule has 116 valence electrons. The molecule has 0 fully saturated rings. The van der Waals surface area contributed by atoms with E-state index in [1.54, 1.807) is 19.1 Å². The molecule has 0 spiro atoms. The fourth-order valence-electron chi connectivity index (χ4n) is 1.55. The number of urea groups is 1. The van der Waals surface area contributed by atoms with Crippen LogP contribution in [-0.2, 0) is 4.79 Å². The largest absolute Gasteiger partial charge is 0.495 e. The number of imide groups is 1. The maximum Gasteiger partial charge on any atom is 0.321 e. The summed E-state index contributed by atoms with van der Waals surface area (Å²) in [5.74, 6) is 0.438. The Morgan fingerprint density at radius 3 is 2.43 bits per heavy atom. The minimum atomic E-state index is -0.537. The molecule has 3 amide bonds. The number of nitrogens with one attached hydrogen (secondary N) is 3. The maximum atomic E-state index is 11.6. The highest BCUT2D eigenvalue weighted by molar-refractivity contribution is 6.32. The second-order valence-corrected chi connectivity index (χ2v) is 4.36. The summed E-state index contributed by atoms with van der Waals surface area (Å²) in [6, 6.07) is 2.65. The summed E-state index contributed by atoms with van der Waals surface area (Å²) in [5.41, 5.74) is 0.532. The third kappa shape index (κ3) is 5.03. The van der Waals surface area contributed by atoms with Crippen LogP contribution in [0.1, 0.15) is 6.92 Å². The van der Waals surface area contributed by atoms with Crippen LogP contribution in [0.4, 0.5) is 10.5 Å². The van der Waals surface area contributed by atoms with E-state index in [4.69, 9.17) is 21.1 Å². The first-order valence-corrected chi connectivity index (χ1v) is 6.62. The molecule has 0 aromatic heterocycles. The van der Waals surface area contributed by atoms with E-state index in [9.17, 15) is 9.59 Å². The predicted molar refractivity (Wildman–Crippen MR) is 80.3 cm³/mol. The van der Waals surface area contributed by atoms with Crippen molar-refractivity contribution in [2.45, 2.75) is 6.92 Å². The monoisotopic (exact) mass is 315 g/mol. The van der Waals surface area contributed by atoms with Gasteiger partial charge in [-0.05, 0) is 6.92 Å². The van der Waals surface area contributed by atoms with Gasteiger partial charge in [-0.25, -0.2) is 4.79 Å². The van der Waals surface area contributed by atoms with Crippen molar-refractivity contribution in [3.8, 4) is 11.5 Å². The van der Waals surface area contributed by atoms with Crippen LogP contribution in [0.3, 0.4) is 0 Å². The van der Waals surface area contributed by atoms with E-state index in [0.717, 1.165) is 0 Å². The zero-order valence-electron chi connectivity index (χ0n) is 12.1. The highest BCUT2D eigenvalue weighted by Crippen LogP contribution is 2.35. The van der Waals surface area contributed by atoms with Crippen LogP contribution >= 0.6 is 11.6 Å². The van der Waals surface area contributed by atoms with Crippen LogP contribution in [0.25, 0.3) is 0 Å². The molecule has 0 aliphatic carbocycles. The fourth-order valence-corrected chi connectivity index (χ4v) is 1.78. The lowest BCUT2D eigenvalue weighted by Crippen LogP contribution is -2.41. The fraction of sp³-hybridized carbons (Fsp3) is 0.385. The summed E-state index contributed by atoms with van der Waals surface area (Å²) in [6.07, 6.45) is 0. The lowest BCUT2D eigenvalue weighted by atomic mass is 10.2. The van der Waals surface area contributed by atoms with Gasteiger partial charge in [0.05, 0.1) is 31.5 Å². The molecule has 0 heterocycles. The molecule has 3 N–H and O–H groups in total. The summed E-state index contributed by atoms with van der Waals surface area (Å²) in [4.78, 5) is 22.8. The zero-order valence-corrected chi connectivity index (χ0v) is 12.8. The van der Waals surface area contributed by atoms with Crippen molar-refractivity contribution < 1.29 is 19.1 Å². The molecular formula is C13H18ClN3O4. The molecule has 0 unspecified atom stereocenters. The highest BCUT2D eigenvalue weighted by Gasteiger charge is 2.12. The van der Waals surface area contributed by atoms with E-state index in [0.29, 0.717) is 28.8 Å². The molecule has 0 saturated carbocycles. The van der Waals surface area contributed by atoms with Crippen molar-refractivity contribution in [3.63, 3.8) is 0 Å². The number of benzene rings is 1. The molecule has 1 aromatic carbocycles. The Bertz CT molecular complexity index is 522. The molecule has 1 aromatic rings. The smallest absolute Gasteiger partial charge is 0.321 e. The number of carbonyl (C=O) groups excluding carboxylic acids is 2. The summed E-state index contributed by atoms with van der Waals surface area (Å²) < 4.78 is 10.3. The highest BCUT2D eigenvalue weighted by atomic mass is 35.5. The molecule has 0 atom stereocenters. The van der Waals surface area contributed by atoms with Gasteiger partial charge in [0.25, 0.3) is 0 Å². The number of ether oxygens (including phenoxy) is 2. The molecule has 0 bridgehead atoms. The number of anilines is 1. The Hall–Kier alpha value is -2.15. The van der Waals surface area contributed by atoms with Crippen LogP contribution < -0.4 is 25.4 Å². The summed E-state index contributed by atoms with van der Waals surface area (Å²) in [5, 5.41) is 7.89. The summed E-state index contributed by atoms with van der Waals surface area (Å²) >= 11 is 5.98. The second kappa shape index (κ2) is 8.21. The van der Waals surface area contributed by atoms with Gasteiger partial charge in [-0.15, -0.1) is 0 Å². The van der Waals surface area contributed by atoms with Gasteiger partial charge < -0.3 is 20.1 Å². The topological polar surface area (TPSA) is 88.7 Å². The van der Waals surface area contributed by atoms with Gasteiger partial charge in [0.2, 0.25) is 5.91 Å². The molecule has 8 heteroatoms. The predicted octanol–water partition coefficient (Wildman–Crippen LogP) is 1.61. The molecular weight excluding hydrogens is 298 g/mol. The molecule has 0 aliphatic rings. The van der Waals surface area contributed by atoms with Crippen molar-refractivity contribution >= 4 is 29.2 Å². The molecule has 1 rings (SSSR count). The lowest BCUT2D eigenvalue weighted by Gasteiger charge is -2.13. The Labute approximate surface area is 127 Å². The van der Waals surface area contributed by atoms with Crippen molar-refractivity contribution in [1.82, 2.24) is 10.6 Å². The van der Waals surface area contributed by atoms with Gasteiger partial charge in [-0.3, -0.25) is 10.1 Å². The molecule has 0 radical (unpaired) electrons. The number of rotatable bonds is 6. The number of carbonyl (C=O) groups is 2. The van der Waals surface area contributed by atoms with E-state index in [1.807, 2.05) is 0 Å². The number of methoxy groups -OCH3 is 2. The van der Waals surface area contributed by atoms with E-state index >= 15 is 0 Å². The van der Waals surface area contributed by atoms with Crippen molar-refractivity contribution in [2.75, 3.05) is 32.6 Å². The van der Waals surface area contributed by atoms with Crippen LogP contribution in [0.5, 0.6) is 11.5 Å². The lowest BCUT2D eigenvalue weighted by molar-refractivity contribution is -0.118. The maximum absolute atomic E-state index is 11.6. The molecule has 21 heavy (non-hydrogen) atoms. The Kier molecular flexibility index (Phi) is 6.61. The van der Waals surface area contributed by atoms with E-state index in [2.05, 4.69) is 16.0 Å². The van der Waals surface area contributed by atoms with E-state index in [1.165, 1.54) is 14.2 Å². The number of halogens is 1. The average Bonchev–Trinajstić information content (AvgIpc) is 2.45. The van der Waals surface area contributed by atoms with Gasteiger partial charge in [0.1, 0.15) is 11.5 Å². The van der Waals surface area contributed by atoms with Crippen molar-refractivity contribution in [1.29, 1.82) is 0 Å². The van der Waals surface area contributed by atoms with Crippen LogP contribution in [-0.4, -0.2) is 39.2 Å². The first-order valence-electron chi connectivity index (χ1n) is 6.24. The third-order valence-corrected chi connectivity index (χ3v) is 2.80. The second-order valence-electron chi connectivity index (χ2n) is 3.95. The molecule has 0 aliphatic heterocycles. The zero-order chi connectivity index (χ0) is 15.8. The van der Waals surface area contributed by atoms with Gasteiger partial charge in [0.15, 0.2) is 0 Å². The van der Waals surface area contributed by atoms with Gasteiger partial charge in [0, 0.05) is 18.7 Å². The van der Waals surface area contributed by atoms with Gasteiger partial charge in [-0.2, -0.15) is 0 Å². The average molecular weight is 316 g/mol. The van der Waals surface area contributed by atoms with Gasteiger partial charge >= 0.3 is 6.03 Å². The summed E-state index contributed by atoms with van der Waals surface area (Å²) in [6.45, 7) is 2.10. The molecule has 7 nitrogen and oxygen atoms in total. The van der Waals surface area contributed by atoms with Crippen molar-refractivity contribution in [2.24, 2.45) is 0 Å². The quantitative estimate of drug-likeness (QED) is 0.742. The molecule has 0 saturated heterocycles. The first-order chi connectivity index (χ1) is 10.0. The van der Waals surface area contributed by atoms with Crippen LogP contribution in [0.15, 0.2) is 12.1 Å². The summed E-state index contributed by atoms with van der Waals surface area (Å²) in [7, 11) is 2.97. The Morgan fingerprint density at radius 1 is 1.19 bits per heavy atom. The first kappa shape index (κ1) is 16.9. The van der Waals surface area contributed by atoms with Crippen molar-refractivity contribution in [3.05, 3.63) is 17.2 Å². The van der Waals surface area contributed by atoms with E-state index < -0.39 is 11.9 Å². The standard InChI is InChI=1S/C13H18ClN3O4/c1-4-15-13(19)17-12(18)7-16-9-6-10(20-2)8(14)5-11(9)21-3/h5-6,16H,4,7H2,1-3H3,(H2,15,17,18,19). The van der Waals surface area contributed by atoms with E-state index in [-0.39, 0.29) is 6.54 Å². The Morgan fingerprint density at radius 2 is 1.86 bits per heavy atom. The SMILES string of the molecule is CCNC(=O)NC(=O)CNc1cc(OC)c(Cl)cc1OC. The number of hydrogen-bond acceptors (Lipinski definition) is 5. The normalized spacial score (nSPS) is 9.71. The third-order valence-electron chi connectivity index (χ3n) is 2.50. The minimum Gasteiger partial charge on any atom is -0.495 e. The van der Waals surface area contributed by atoms with Gasteiger partial charge in [-0.1, -0.05) is 11.6 Å². The number of amides is 3.